The average molecular weight is 299 g/mol. The zero-order valence-corrected chi connectivity index (χ0v) is 12.2. The van der Waals surface area contributed by atoms with Crippen molar-refractivity contribution in [3.8, 4) is 0 Å². The monoisotopic (exact) mass is 299 g/mol. The molecule has 2 heterocycles. The molecule has 0 atom stereocenters. The van der Waals surface area contributed by atoms with Crippen LogP contribution in [0.1, 0.15) is 19.3 Å². The number of aromatic nitrogens is 1. The largest absolute Gasteiger partial charge is 0.378 e. The average Bonchev–Trinajstić information content (AvgIpc) is 2.49. The van der Waals surface area contributed by atoms with Gasteiger partial charge in [0.15, 0.2) is 0 Å². The summed E-state index contributed by atoms with van der Waals surface area (Å²) in [6.07, 6.45) is 5.93. The van der Waals surface area contributed by atoms with Crippen LogP contribution in [0.2, 0.25) is 0 Å². The van der Waals surface area contributed by atoms with Crippen LogP contribution in [0.25, 0.3) is 0 Å². The highest BCUT2D eigenvalue weighted by atomic mass is 32.2. The third-order valence-corrected chi connectivity index (χ3v) is 4.64. The van der Waals surface area contributed by atoms with Gasteiger partial charge in [0.05, 0.1) is 6.10 Å². The quantitative estimate of drug-likeness (QED) is 0.718. The van der Waals surface area contributed by atoms with E-state index in [2.05, 4.69) is 15.0 Å². The molecule has 1 aromatic heterocycles. The van der Waals surface area contributed by atoms with Gasteiger partial charge in [0.25, 0.3) is 0 Å². The van der Waals surface area contributed by atoms with Gasteiger partial charge in [-0.2, -0.15) is 0 Å². The Morgan fingerprint density at radius 2 is 2.20 bits per heavy atom. The molecule has 2 rings (SSSR count). The van der Waals surface area contributed by atoms with Crippen LogP contribution < -0.4 is 10.0 Å². The van der Waals surface area contributed by atoms with Crippen LogP contribution in [-0.4, -0.2) is 45.7 Å². The summed E-state index contributed by atoms with van der Waals surface area (Å²) in [5.41, 5.74) is 0. The number of nitrogens with one attached hydrogen (secondary N) is 2. The maximum absolute atomic E-state index is 11.9. The summed E-state index contributed by atoms with van der Waals surface area (Å²) in [6.45, 7) is 2.96. The van der Waals surface area contributed by atoms with Crippen LogP contribution in [0.15, 0.2) is 29.4 Å². The van der Waals surface area contributed by atoms with Gasteiger partial charge in [-0.1, -0.05) is 0 Å². The molecular formula is C13H21N3O3S. The molecule has 0 amide bonds. The molecule has 1 aliphatic rings. The normalized spacial score (nSPS) is 17.2. The van der Waals surface area contributed by atoms with E-state index < -0.39 is 10.0 Å². The van der Waals surface area contributed by atoms with Crippen molar-refractivity contribution in [2.24, 2.45) is 0 Å². The van der Waals surface area contributed by atoms with E-state index in [-0.39, 0.29) is 4.90 Å². The fourth-order valence-electron chi connectivity index (χ4n) is 2.08. The number of pyridine rings is 1. The van der Waals surface area contributed by atoms with Crippen LogP contribution in [0.3, 0.4) is 0 Å². The molecule has 0 spiro atoms. The molecule has 0 unspecified atom stereocenters. The summed E-state index contributed by atoms with van der Waals surface area (Å²) in [6, 6.07) is 3.13. The minimum absolute atomic E-state index is 0.194. The molecule has 0 bridgehead atoms. The first-order valence-electron chi connectivity index (χ1n) is 6.90. The first kappa shape index (κ1) is 15.4. The van der Waals surface area contributed by atoms with Gasteiger partial charge in [0.1, 0.15) is 4.90 Å². The standard InChI is InChI=1S/C13H21N3O3S/c17-20(18,13-3-1-6-15-11-13)16-7-2-10-19-12-4-8-14-9-5-12/h1,3,6,11-12,14,16H,2,4-5,7-10H2. The van der Waals surface area contributed by atoms with Gasteiger partial charge in [0, 0.05) is 25.5 Å². The lowest BCUT2D eigenvalue weighted by atomic mass is 10.1. The highest BCUT2D eigenvalue weighted by Gasteiger charge is 2.14. The second-order valence-corrected chi connectivity index (χ2v) is 6.53. The van der Waals surface area contributed by atoms with E-state index in [4.69, 9.17) is 4.74 Å². The van der Waals surface area contributed by atoms with Crippen LogP contribution in [0, 0.1) is 0 Å². The van der Waals surface area contributed by atoms with Gasteiger partial charge in [-0.05, 0) is 44.5 Å². The lowest BCUT2D eigenvalue weighted by Gasteiger charge is -2.22. The van der Waals surface area contributed by atoms with Crippen molar-refractivity contribution < 1.29 is 13.2 Å². The Kier molecular flexibility index (Phi) is 5.90. The molecule has 0 radical (unpaired) electrons. The van der Waals surface area contributed by atoms with Crippen molar-refractivity contribution in [3.63, 3.8) is 0 Å². The van der Waals surface area contributed by atoms with Crippen molar-refractivity contribution in [1.29, 1.82) is 0 Å². The number of rotatable bonds is 7. The first-order chi connectivity index (χ1) is 9.68. The molecule has 0 saturated carbocycles. The van der Waals surface area contributed by atoms with Crippen LogP contribution in [-0.2, 0) is 14.8 Å². The summed E-state index contributed by atoms with van der Waals surface area (Å²) in [5, 5.41) is 3.28. The molecule has 1 aromatic rings. The van der Waals surface area contributed by atoms with E-state index in [0.29, 0.717) is 25.7 Å². The van der Waals surface area contributed by atoms with Gasteiger partial charge in [-0.15, -0.1) is 0 Å². The molecule has 1 fully saturated rings. The smallest absolute Gasteiger partial charge is 0.242 e. The number of ether oxygens (including phenoxy) is 1. The van der Waals surface area contributed by atoms with Gasteiger partial charge in [-0.25, -0.2) is 13.1 Å². The highest BCUT2D eigenvalue weighted by Crippen LogP contribution is 2.08. The third kappa shape index (κ3) is 4.82. The molecule has 0 aromatic carbocycles. The van der Waals surface area contributed by atoms with Crippen molar-refractivity contribution >= 4 is 10.0 Å². The van der Waals surface area contributed by atoms with Crippen LogP contribution in [0.4, 0.5) is 0 Å². The maximum atomic E-state index is 11.9. The Bertz CT molecular complexity index is 487. The molecular weight excluding hydrogens is 278 g/mol. The number of hydrogen-bond acceptors (Lipinski definition) is 5. The summed E-state index contributed by atoms with van der Waals surface area (Å²) >= 11 is 0. The Morgan fingerprint density at radius 3 is 2.90 bits per heavy atom. The zero-order chi connectivity index (χ0) is 14.3. The molecule has 1 aliphatic heterocycles. The second kappa shape index (κ2) is 7.68. The van der Waals surface area contributed by atoms with Crippen molar-refractivity contribution in [2.45, 2.75) is 30.3 Å². The maximum Gasteiger partial charge on any atom is 0.242 e. The van der Waals surface area contributed by atoms with E-state index in [1.165, 1.54) is 12.3 Å². The summed E-state index contributed by atoms with van der Waals surface area (Å²) < 4.78 is 32.1. The minimum atomic E-state index is -3.44. The van der Waals surface area contributed by atoms with E-state index in [9.17, 15) is 8.42 Å². The second-order valence-electron chi connectivity index (χ2n) is 4.76. The lowest BCUT2D eigenvalue weighted by molar-refractivity contribution is 0.0322. The van der Waals surface area contributed by atoms with Gasteiger partial charge >= 0.3 is 0 Å². The van der Waals surface area contributed by atoms with Gasteiger partial charge in [-0.3, -0.25) is 4.98 Å². The molecule has 0 aliphatic carbocycles. The SMILES string of the molecule is O=S(=O)(NCCCOC1CCNCC1)c1cccnc1. The molecule has 112 valence electrons. The number of sulfonamides is 1. The molecule has 2 N–H and O–H groups in total. The van der Waals surface area contributed by atoms with Crippen LogP contribution in [0.5, 0.6) is 0 Å². The molecule has 6 nitrogen and oxygen atoms in total. The van der Waals surface area contributed by atoms with Gasteiger partial charge < -0.3 is 10.1 Å². The third-order valence-electron chi connectivity index (χ3n) is 3.20. The fraction of sp³-hybridized carbons (Fsp3) is 0.615. The van der Waals surface area contributed by atoms with Gasteiger partial charge in [0.2, 0.25) is 10.0 Å². The van der Waals surface area contributed by atoms with E-state index in [0.717, 1.165) is 25.9 Å². The number of hydrogen-bond donors (Lipinski definition) is 2. The molecule has 7 heteroatoms. The lowest BCUT2D eigenvalue weighted by Crippen LogP contribution is -2.33. The highest BCUT2D eigenvalue weighted by molar-refractivity contribution is 7.89. The van der Waals surface area contributed by atoms with E-state index in [1.807, 2.05) is 0 Å². The van der Waals surface area contributed by atoms with E-state index in [1.54, 1.807) is 12.3 Å². The molecule has 20 heavy (non-hydrogen) atoms. The minimum Gasteiger partial charge on any atom is -0.378 e. The van der Waals surface area contributed by atoms with Crippen LogP contribution >= 0.6 is 0 Å². The Morgan fingerprint density at radius 1 is 1.40 bits per heavy atom. The Hall–Kier alpha value is -1.02. The predicted molar refractivity (Wildman–Crippen MR) is 75.9 cm³/mol. The van der Waals surface area contributed by atoms with Crippen molar-refractivity contribution in [1.82, 2.24) is 15.0 Å². The van der Waals surface area contributed by atoms with E-state index >= 15 is 0 Å². The predicted octanol–water partition coefficient (Wildman–Crippen LogP) is 0.519. The fourth-order valence-corrected chi connectivity index (χ4v) is 3.12. The summed E-state index contributed by atoms with van der Waals surface area (Å²) in [7, 11) is -3.44. The number of piperidine rings is 1. The number of nitrogens with zero attached hydrogens (tertiary/aromatic N) is 1. The molecule has 1 saturated heterocycles. The summed E-state index contributed by atoms with van der Waals surface area (Å²) in [5.74, 6) is 0. The van der Waals surface area contributed by atoms with Crippen molar-refractivity contribution in [2.75, 3.05) is 26.2 Å². The first-order valence-corrected chi connectivity index (χ1v) is 8.39. The topological polar surface area (TPSA) is 80.3 Å². The van der Waals surface area contributed by atoms with Crippen molar-refractivity contribution in [3.05, 3.63) is 24.5 Å². The zero-order valence-electron chi connectivity index (χ0n) is 11.4. The summed E-state index contributed by atoms with van der Waals surface area (Å²) in [4.78, 5) is 4.00. The Labute approximate surface area is 120 Å². The Balaban J connectivity index is 1.65.